The minimum Gasteiger partial charge on any atom is -0.491 e. The number of carboxylic acids is 1. The lowest BCUT2D eigenvalue weighted by molar-refractivity contribution is 0.0593. The maximum Gasteiger partial charge on any atom is 0.335 e. The highest BCUT2D eigenvalue weighted by molar-refractivity contribution is 6.30. The fourth-order valence-corrected chi connectivity index (χ4v) is 3.19. The zero-order valence-electron chi connectivity index (χ0n) is 15.5. The Morgan fingerprint density at radius 1 is 1.18 bits per heavy atom. The number of hydrogen-bond acceptors (Lipinski definition) is 5. The molecule has 0 atom stereocenters. The van der Waals surface area contributed by atoms with Crippen molar-refractivity contribution in [3.8, 4) is 5.75 Å². The second-order valence-corrected chi connectivity index (χ2v) is 7.16. The van der Waals surface area contributed by atoms with E-state index >= 15 is 0 Å². The van der Waals surface area contributed by atoms with Crippen LogP contribution < -0.4 is 10.2 Å². The summed E-state index contributed by atoms with van der Waals surface area (Å²) in [4.78, 5) is 16.4. The van der Waals surface area contributed by atoms with E-state index in [0.29, 0.717) is 29.0 Å². The van der Waals surface area contributed by atoms with Gasteiger partial charge in [-0.1, -0.05) is 23.7 Å². The van der Waals surface area contributed by atoms with Crippen molar-refractivity contribution in [2.75, 3.05) is 25.3 Å². The van der Waals surface area contributed by atoms with Crippen LogP contribution in [0.1, 0.15) is 35.2 Å². The Hall–Kier alpha value is -2.28. The maximum absolute atomic E-state index is 10.9. The molecule has 0 amide bonds. The minimum absolute atomic E-state index is 0.242. The fourth-order valence-electron chi connectivity index (χ4n) is 3.02. The third-order valence-electron chi connectivity index (χ3n) is 4.69. The number of ether oxygens (including phenoxy) is 2. The van der Waals surface area contributed by atoms with Crippen LogP contribution in [0.5, 0.6) is 5.75 Å². The molecule has 0 saturated carbocycles. The standard InChI is InChI=1S/C21H24ClNO5/c22-18-5-6-20(27-12-9-15-7-10-26-11-8-15)19(13-18)23-28-14-16-1-3-17(4-2-16)21(24)25/h1-6,13,15,23H,7-12,14H2,(H,24,25). The molecule has 0 radical (unpaired) electrons. The Kier molecular flexibility index (Phi) is 7.54. The Morgan fingerprint density at radius 3 is 2.64 bits per heavy atom. The van der Waals surface area contributed by atoms with Gasteiger partial charge >= 0.3 is 5.97 Å². The van der Waals surface area contributed by atoms with Gasteiger partial charge in [0.15, 0.2) is 0 Å². The van der Waals surface area contributed by atoms with Gasteiger partial charge in [-0.15, -0.1) is 0 Å². The van der Waals surface area contributed by atoms with Crippen LogP contribution in [-0.2, 0) is 16.2 Å². The minimum atomic E-state index is -0.952. The molecule has 3 rings (SSSR count). The monoisotopic (exact) mass is 405 g/mol. The second kappa shape index (κ2) is 10.3. The lowest BCUT2D eigenvalue weighted by Gasteiger charge is -2.22. The molecule has 0 spiro atoms. The fraction of sp³-hybridized carbons (Fsp3) is 0.381. The number of rotatable bonds is 9. The molecule has 0 aromatic heterocycles. The van der Waals surface area contributed by atoms with E-state index in [4.69, 9.17) is 31.0 Å². The Morgan fingerprint density at radius 2 is 1.93 bits per heavy atom. The van der Waals surface area contributed by atoms with Crippen molar-refractivity contribution in [1.29, 1.82) is 0 Å². The van der Waals surface area contributed by atoms with Crippen LogP contribution in [-0.4, -0.2) is 30.9 Å². The first-order chi connectivity index (χ1) is 13.6. The molecular formula is C21H24ClNO5. The van der Waals surface area contributed by atoms with Gasteiger partial charge < -0.3 is 14.6 Å². The van der Waals surface area contributed by atoms with E-state index in [2.05, 4.69) is 5.48 Å². The molecule has 1 aliphatic heterocycles. The van der Waals surface area contributed by atoms with Crippen LogP contribution in [0.25, 0.3) is 0 Å². The van der Waals surface area contributed by atoms with Crippen LogP contribution >= 0.6 is 11.6 Å². The summed E-state index contributed by atoms with van der Waals surface area (Å²) in [7, 11) is 0. The molecule has 0 unspecified atom stereocenters. The first kappa shape index (κ1) is 20.5. The van der Waals surface area contributed by atoms with Gasteiger partial charge in [-0.3, -0.25) is 10.3 Å². The quantitative estimate of drug-likeness (QED) is 0.585. The summed E-state index contributed by atoms with van der Waals surface area (Å²) in [5.74, 6) is 0.368. The summed E-state index contributed by atoms with van der Waals surface area (Å²) in [5.41, 5.74) is 4.63. The zero-order chi connectivity index (χ0) is 19.8. The summed E-state index contributed by atoms with van der Waals surface area (Å²) < 4.78 is 11.3. The molecule has 28 heavy (non-hydrogen) atoms. The SMILES string of the molecule is O=C(O)c1ccc(CONc2cc(Cl)ccc2OCCC2CCOCC2)cc1. The summed E-state index contributed by atoms with van der Waals surface area (Å²) in [5, 5.41) is 9.51. The topological polar surface area (TPSA) is 77.0 Å². The van der Waals surface area contributed by atoms with Gasteiger partial charge in [0.1, 0.15) is 11.4 Å². The lowest BCUT2D eigenvalue weighted by atomic mass is 9.97. The van der Waals surface area contributed by atoms with Gasteiger partial charge in [0.05, 0.1) is 18.8 Å². The van der Waals surface area contributed by atoms with E-state index in [1.807, 2.05) is 6.07 Å². The zero-order valence-corrected chi connectivity index (χ0v) is 16.3. The molecule has 6 nitrogen and oxygen atoms in total. The normalized spacial score (nSPS) is 14.6. The van der Waals surface area contributed by atoms with E-state index in [1.54, 1.807) is 36.4 Å². The summed E-state index contributed by atoms with van der Waals surface area (Å²) in [6, 6.07) is 11.9. The Bertz CT molecular complexity index is 775. The highest BCUT2D eigenvalue weighted by Crippen LogP contribution is 2.29. The van der Waals surface area contributed by atoms with Crippen LogP contribution in [0.3, 0.4) is 0 Å². The van der Waals surface area contributed by atoms with Crippen molar-refractivity contribution in [3.63, 3.8) is 0 Å². The number of carbonyl (C=O) groups is 1. The molecule has 1 saturated heterocycles. The van der Waals surface area contributed by atoms with Gasteiger partial charge in [0, 0.05) is 18.2 Å². The highest BCUT2D eigenvalue weighted by Gasteiger charge is 2.14. The molecule has 7 heteroatoms. The van der Waals surface area contributed by atoms with E-state index in [9.17, 15) is 4.79 Å². The third kappa shape index (κ3) is 6.12. The maximum atomic E-state index is 10.9. The molecule has 2 aromatic carbocycles. The summed E-state index contributed by atoms with van der Waals surface area (Å²) in [6.45, 7) is 2.56. The van der Waals surface area contributed by atoms with Gasteiger partial charge in [0.2, 0.25) is 0 Å². The molecule has 1 aliphatic rings. The van der Waals surface area contributed by atoms with Gasteiger partial charge in [0.25, 0.3) is 0 Å². The van der Waals surface area contributed by atoms with E-state index < -0.39 is 5.97 Å². The number of hydrogen-bond donors (Lipinski definition) is 2. The number of carboxylic acid groups (broad SMARTS) is 1. The number of anilines is 1. The largest absolute Gasteiger partial charge is 0.491 e. The molecule has 1 heterocycles. The average molecular weight is 406 g/mol. The highest BCUT2D eigenvalue weighted by atomic mass is 35.5. The van der Waals surface area contributed by atoms with E-state index in [0.717, 1.165) is 38.0 Å². The predicted molar refractivity (Wildman–Crippen MR) is 107 cm³/mol. The second-order valence-electron chi connectivity index (χ2n) is 6.73. The first-order valence-corrected chi connectivity index (χ1v) is 9.70. The number of aromatic carboxylic acids is 1. The van der Waals surface area contributed by atoms with Gasteiger partial charge in [-0.05, 0) is 61.1 Å². The van der Waals surface area contributed by atoms with Crippen molar-refractivity contribution < 1.29 is 24.2 Å². The van der Waals surface area contributed by atoms with Crippen LogP contribution in [0.2, 0.25) is 5.02 Å². The molecular weight excluding hydrogens is 382 g/mol. The Labute approximate surface area is 169 Å². The first-order valence-electron chi connectivity index (χ1n) is 9.32. The molecule has 0 bridgehead atoms. The molecule has 150 valence electrons. The number of nitrogens with one attached hydrogen (secondary N) is 1. The number of halogens is 1. The third-order valence-corrected chi connectivity index (χ3v) is 4.92. The number of benzene rings is 2. The molecule has 2 N–H and O–H groups in total. The molecule has 1 fully saturated rings. The van der Waals surface area contributed by atoms with Crippen molar-refractivity contribution in [2.45, 2.75) is 25.9 Å². The van der Waals surface area contributed by atoms with Gasteiger partial charge in [-0.25, -0.2) is 4.79 Å². The lowest BCUT2D eigenvalue weighted by Crippen LogP contribution is -2.18. The van der Waals surface area contributed by atoms with Crippen molar-refractivity contribution >= 4 is 23.3 Å². The smallest absolute Gasteiger partial charge is 0.335 e. The average Bonchev–Trinajstić information content (AvgIpc) is 2.71. The Balaban J connectivity index is 1.50. The van der Waals surface area contributed by atoms with Crippen molar-refractivity contribution in [3.05, 3.63) is 58.6 Å². The molecule has 0 aliphatic carbocycles. The van der Waals surface area contributed by atoms with Crippen LogP contribution in [0.15, 0.2) is 42.5 Å². The van der Waals surface area contributed by atoms with Gasteiger partial charge in [-0.2, -0.15) is 0 Å². The van der Waals surface area contributed by atoms with E-state index in [1.165, 1.54) is 0 Å². The predicted octanol–water partition coefficient (Wildman–Crippen LogP) is 4.78. The molecule has 2 aromatic rings. The van der Waals surface area contributed by atoms with Crippen LogP contribution in [0.4, 0.5) is 5.69 Å². The van der Waals surface area contributed by atoms with Crippen molar-refractivity contribution in [1.82, 2.24) is 0 Å². The van der Waals surface area contributed by atoms with Crippen molar-refractivity contribution in [2.24, 2.45) is 5.92 Å². The van der Waals surface area contributed by atoms with Crippen LogP contribution in [0, 0.1) is 5.92 Å². The summed E-state index contributed by atoms with van der Waals surface area (Å²) in [6.07, 6.45) is 3.15. The van der Waals surface area contributed by atoms with E-state index in [-0.39, 0.29) is 12.2 Å². The summed E-state index contributed by atoms with van der Waals surface area (Å²) >= 11 is 6.09.